The molecular formula is C16H25N3O. The number of benzene rings is 1. The van der Waals surface area contributed by atoms with Gasteiger partial charge in [-0.15, -0.1) is 0 Å². The smallest absolute Gasteiger partial charge is 0.249 e. The van der Waals surface area contributed by atoms with E-state index >= 15 is 0 Å². The van der Waals surface area contributed by atoms with Crippen molar-refractivity contribution < 1.29 is 4.79 Å². The summed E-state index contributed by atoms with van der Waals surface area (Å²) in [7, 11) is 0. The van der Waals surface area contributed by atoms with Crippen molar-refractivity contribution in [1.82, 2.24) is 10.2 Å². The van der Waals surface area contributed by atoms with Gasteiger partial charge >= 0.3 is 0 Å². The molecule has 110 valence electrons. The van der Waals surface area contributed by atoms with Gasteiger partial charge in [0.15, 0.2) is 0 Å². The van der Waals surface area contributed by atoms with Crippen molar-refractivity contribution >= 4 is 5.91 Å². The van der Waals surface area contributed by atoms with Crippen molar-refractivity contribution in [2.45, 2.75) is 38.8 Å². The van der Waals surface area contributed by atoms with Crippen molar-refractivity contribution in [3.05, 3.63) is 35.4 Å². The lowest BCUT2D eigenvalue weighted by atomic mass is 10.0. The fraction of sp³-hybridized carbons (Fsp3) is 0.562. The Balaban J connectivity index is 2.00. The number of amides is 1. The van der Waals surface area contributed by atoms with Gasteiger partial charge in [0.1, 0.15) is 0 Å². The number of carbonyl (C=O) groups excluding carboxylic acids is 1. The van der Waals surface area contributed by atoms with Gasteiger partial charge in [0.05, 0.1) is 0 Å². The molecule has 1 amide bonds. The highest BCUT2D eigenvalue weighted by Gasteiger charge is 2.17. The number of rotatable bonds is 6. The first-order chi connectivity index (χ1) is 9.70. The molecule has 1 aromatic rings. The van der Waals surface area contributed by atoms with Crippen LogP contribution in [0.25, 0.3) is 0 Å². The lowest BCUT2D eigenvalue weighted by Crippen LogP contribution is -2.43. The van der Waals surface area contributed by atoms with Gasteiger partial charge in [-0.05, 0) is 37.6 Å². The number of carbonyl (C=O) groups is 1. The molecule has 1 saturated heterocycles. The van der Waals surface area contributed by atoms with Crippen LogP contribution in [0, 0.1) is 0 Å². The Bertz CT molecular complexity index is 441. The largest absolute Gasteiger partial charge is 0.366 e. The quantitative estimate of drug-likeness (QED) is 0.831. The molecule has 0 saturated carbocycles. The lowest BCUT2D eigenvalue weighted by Gasteiger charge is -2.30. The van der Waals surface area contributed by atoms with E-state index in [2.05, 4.69) is 17.1 Å². The first kappa shape index (κ1) is 15.0. The lowest BCUT2D eigenvalue weighted by molar-refractivity contribution is 0.0998. The van der Waals surface area contributed by atoms with Crippen molar-refractivity contribution in [3.8, 4) is 0 Å². The number of likely N-dealkylation sites (N-methyl/N-ethyl adjacent to an activating group) is 1. The molecule has 1 fully saturated rings. The molecule has 1 atom stereocenters. The molecule has 0 aromatic heterocycles. The first-order valence-corrected chi connectivity index (χ1v) is 7.54. The maximum atomic E-state index is 11.5. The van der Waals surface area contributed by atoms with E-state index in [1.807, 2.05) is 24.3 Å². The van der Waals surface area contributed by atoms with E-state index in [0.29, 0.717) is 11.6 Å². The Morgan fingerprint density at radius 3 is 2.85 bits per heavy atom. The Labute approximate surface area is 121 Å². The number of nitrogens with one attached hydrogen (secondary N) is 1. The molecule has 1 aromatic carbocycles. The zero-order chi connectivity index (χ0) is 14.4. The molecule has 4 nitrogen and oxygen atoms in total. The van der Waals surface area contributed by atoms with Crippen LogP contribution in [0.3, 0.4) is 0 Å². The van der Waals surface area contributed by atoms with Crippen LogP contribution in [-0.4, -0.2) is 36.5 Å². The van der Waals surface area contributed by atoms with E-state index in [-0.39, 0.29) is 5.91 Å². The van der Waals surface area contributed by atoms with Crippen LogP contribution in [0.4, 0.5) is 0 Å². The van der Waals surface area contributed by atoms with Crippen LogP contribution in [0.2, 0.25) is 0 Å². The molecule has 1 aliphatic rings. The third kappa shape index (κ3) is 4.05. The fourth-order valence-corrected chi connectivity index (χ4v) is 2.84. The van der Waals surface area contributed by atoms with E-state index in [1.54, 1.807) is 0 Å². The van der Waals surface area contributed by atoms with E-state index in [1.165, 1.54) is 19.3 Å². The van der Waals surface area contributed by atoms with Crippen molar-refractivity contribution in [2.75, 3.05) is 19.6 Å². The summed E-state index contributed by atoms with van der Waals surface area (Å²) in [5.74, 6) is -0.340. The first-order valence-electron chi connectivity index (χ1n) is 7.54. The van der Waals surface area contributed by atoms with Crippen LogP contribution in [0.1, 0.15) is 42.1 Å². The molecule has 0 bridgehead atoms. The van der Waals surface area contributed by atoms with Gasteiger partial charge < -0.3 is 11.1 Å². The predicted octanol–water partition coefficient (Wildman–Crippen LogP) is 1.75. The van der Waals surface area contributed by atoms with Crippen LogP contribution >= 0.6 is 0 Å². The summed E-state index contributed by atoms with van der Waals surface area (Å²) >= 11 is 0. The number of piperidine rings is 1. The summed E-state index contributed by atoms with van der Waals surface area (Å²) < 4.78 is 0. The topological polar surface area (TPSA) is 58.4 Å². The van der Waals surface area contributed by atoms with E-state index < -0.39 is 0 Å². The third-order valence-electron chi connectivity index (χ3n) is 4.01. The number of hydrogen-bond acceptors (Lipinski definition) is 3. The Kier molecular flexibility index (Phi) is 5.56. The molecule has 1 unspecified atom stereocenters. The molecular weight excluding hydrogens is 250 g/mol. The number of primary amides is 1. The number of nitrogens with zero attached hydrogens (tertiary/aromatic N) is 1. The molecule has 0 spiro atoms. The fourth-order valence-electron chi connectivity index (χ4n) is 2.84. The molecule has 3 N–H and O–H groups in total. The average molecular weight is 275 g/mol. The number of hydrogen-bond donors (Lipinski definition) is 2. The molecule has 0 aliphatic carbocycles. The summed E-state index contributed by atoms with van der Waals surface area (Å²) in [5.41, 5.74) is 7.11. The maximum Gasteiger partial charge on any atom is 0.249 e. The summed E-state index contributed by atoms with van der Waals surface area (Å²) in [6.45, 7) is 6.08. The summed E-state index contributed by atoms with van der Waals surface area (Å²) in [5, 5.41) is 3.57. The van der Waals surface area contributed by atoms with E-state index in [4.69, 9.17) is 5.73 Å². The number of nitrogens with two attached hydrogens (primary N) is 1. The minimum absolute atomic E-state index is 0.340. The van der Waals surface area contributed by atoms with Gasteiger partial charge in [0, 0.05) is 24.7 Å². The Morgan fingerprint density at radius 2 is 2.20 bits per heavy atom. The van der Waals surface area contributed by atoms with Gasteiger partial charge in [0.25, 0.3) is 0 Å². The van der Waals surface area contributed by atoms with Gasteiger partial charge in [-0.2, -0.15) is 0 Å². The summed E-state index contributed by atoms with van der Waals surface area (Å²) in [6.07, 6.45) is 3.84. The summed E-state index contributed by atoms with van der Waals surface area (Å²) in [6, 6.07) is 8.21. The maximum absolute atomic E-state index is 11.5. The molecule has 2 rings (SSSR count). The Hall–Kier alpha value is -1.39. The SMILES string of the molecule is CCN(Cc1ccccc1C(N)=O)CC1CCCCN1. The monoisotopic (exact) mass is 275 g/mol. The van der Waals surface area contributed by atoms with Crippen LogP contribution in [-0.2, 0) is 6.54 Å². The van der Waals surface area contributed by atoms with Crippen molar-refractivity contribution in [3.63, 3.8) is 0 Å². The normalized spacial score (nSPS) is 19.2. The van der Waals surface area contributed by atoms with Crippen LogP contribution < -0.4 is 11.1 Å². The van der Waals surface area contributed by atoms with Crippen LogP contribution in [0.15, 0.2) is 24.3 Å². The van der Waals surface area contributed by atoms with Crippen LogP contribution in [0.5, 0.6) is 0 Å². The highest BCUT2D eigenvalue weighted by molar-refractivity contribution is 5.94. The van der Waals surface area contributed by atoms with Gasteiger partial charge in [-0.3, -0.25) is 9.69 Å². The van der Waals surface area contributed by atoms with E-state index in [9.17, 15) is 4.79 Å². The Morgan fingerprint density at radius 1 is 1.40 bits per heavy atom. The van der Waals surface area contributed by atoms with Crippen molar-refractivity contribution in [2.24, 2.45) is 5.73 Å². The minimum atomic E-state index is -0.340. The minimum Gasteiger partial charge on any atom is -0.366 e. The third-order valence-corrected chi connectivity index (χ3v) is 4.01. The second kappa shape index (κ2) is 7.41. The standard InChI is InChI=1S/C16H25N3O/c1-2-19(12-14-8-5-6-10-18-14)11-13-7-3-4-9-15(13)16(17)20/h3-4,7,9,14,18H,2,5-6,8,10-12H2,1H3,(H2,17,20). The molecule has 4 heteroatoms. The van der Waals surface area contributed by atoms with Gasteiger partial charge in [-0.25, -0.2) is 0 Å². The molecule has 1 heterocycles. The average Bonchev–Trinajstić information content (AvgIpc) is 2.48. The van der Waals surface area contributed by atoms with E-state index in [0.717, 1.165) is 31.7 Å². The van der Waals surface area contributed by atoms with Gasteiger partial charge in [0.2, 0.25) is 5.91 Å². The summed E-state index contributed by atoms with van der Waals surface area (Å²) in [4.78, 5) is 13.9. The second-order valence-electron chi connectivity index (χ2n) is 5.50. The highest BCUT2D eigenvalue weighted by atomic mass is 16.1. The zero-order valence-corrected chi connectivity index (χ0v) is 12.3. The van der Waals surface area contributed by atoms with Gasteiger partial charge in [-0.1, -0.05) is 31.5 Å². The second-order valence-corrected chi connectivity index (χ2v) is 5.50. The van der Waals surface area contributed by atoms with Crippen molar-refractivity contribution in [1.29, 1.82) is 0 Å². The highest BCUT2D eigenvalue weighted by Crippen LogP contribution is 2.14. The molecule has 1 aliphatic heterocycles. The molecule has 0 radical (unpaired) electrons. The predicted molar refractivity (Wildman–Crippen MR) is 81.6 cm³/mol. The zero-order valence-electron chi connectivity index (χ0n) is 12.3. The molecule has 20 heavy (non-hydrogen) atoms.